The van der Waals surface area contributed by atoms with Gasteiger partial charge in [-0.15, -0.1) is 6.58 Å². The third-order valence-corrected chi connectivity index (χ3v) is 1.75. The third kappa shape index (κ3) is 4.44. The van der Waals surface area contributed by atoms with Crippen LogP contribution in [0.3, 0.4) is 0 Å². The molecule has 1 aromatic rings. The zero-order chi connectivity index (χ0) is 10.9. The van der Waals surface area contributed by atoms with Crippen molar-refractivity contribution in [2.75, 3.05) is 18.5 Å². The molecule has 0 unspecified atom stereocenters. The van der Waals surface area contributed by atoms with Crippen molar-refractivity contribution in [3.8, 4) is 5.88 Å². The van der Waals surface area contributed by atoms with Gasteiger partial charge in [-0.1, -0.05) is 13.0 Å². The topological polar surface area (TPSA) is 47.0 Å². The number of nitrogens with one attached hydrogen (secondary N) is 1. The van der Waals surface area contributed by atoms with Gasteiger partial charge in [-0.3, -0.25) is 0 Å². The van der Waals surface area contributed by atoms with Crippen LogP contribution in [0.25, 0.3) is 0 Å². The van der Waals surface area contributed by atoms with Crippen LogP contribution in [-0.4, -0.2) is 23.1 Å². The Hall–Kier alpha value is -1.58. The molecule has 0 saturated carbocycles. The molecule has 1 aromatic heterocycles. The first-order chi connectivity index (χ1) is 7.36. The Balaban J connectivity index is 2.46. The predicted molar refractivity (Wildman–Crippen MR) is 61.1 cm³/mol. The molecular formula is C11H17N3O. The van der Waals surface area contributed by atoms with Gasteiger partial charge in [0.15, 0.2) is 0 Å². The molecule has 0 aliphatic rings. The van der Waals surface area contributed by atoms with Gasteiger partial charge < -0.3 is 10.1 Å². The van der Waals surface area contributed by atoms with E-state index in [1.807, 2.05) is 6.08 Å². The van der Waals surface area contributed by atoms with Crippen molar-refractivity contribution in [2.45, 2.75) is 19.8 Å². The Labute approximate surface area is 90.4 Å². The van der Waals surface area contributed by atoms with Crippen molar-refractivity contribution in [3.63, 3.8) is 0 Å². The summed E-state index contributed by atoms with van der Waals surface area (Å²) in [5.41, 5.74) is 0. The van der Waals surface area contributed by atoms with E-state index in [2.05, 4.69) is 28.8 Å². The summed E-state index contributed by atoms with van der Waals surface area (Å²) in [6.45, 7) is 7.22. The maximum Gasteiger partial charge on any atom is 0.218 e. The van der Waals surface area contributed by atoms with E-state index in [9.17, 15) is 0 Å². The van der Waals surface area contributed by atoms with Gasteiger partial charge in [0.2, 0.25) is 5.88 Å². The lowest BCUT2D eigenvalue weighted by molar-refractivity contribution is 0.305. The minimum atomic E-state index is 0.618. The third-order valence-electron chi connectivity index (χ3n) is 1.75. The average molecular weight is 207 g/mol. The maximum absolute atomic E-state index is 5.39. The van der Waals surface area contributed by atoms with Gasteiger partial charge in [0.1, 0.15) is 12.1 Å². The molecule has 0 atom stereocenters. The average Bonchev–Trinajstić information content (AvgIpc) is 2.27. The highest BCUT2D eigenvalue weighted by Crippen LogP contribution is 2.10. The van der Waals surface area contributed by atoms with Gasteiger partial charge in [0, 0.05) is 12.6 Å². The molecule has 1 heterocycles. The molecule has 4 heteroatoms. The summed E-state index contributed by atoms with van der Waals surface area (Å²) in [7, 11) is 0. The van der Waals surface area contributed by atoms with Crippen LogP contribution in [-0.2, 0) is 0 Å². The molecule has 0 saturated heterocycles. The molecule has 0 spiro atoms. The first kappa shape index (κ1) is 11.5. The molecule has 0 aliphatic carbocycles. The molecule has 4 nitrogen and oxygen atoms in total. The second-order valence-electron chi connectivity index (χ2n) is 3.09. The highest BCUT2D eigenvalue weighted by molar-refractivity contribution is 5.36. The van der Waals surface area contributed by atoms with Crippen molar-refractivity contribution in [1.29, 1.82) is 0 Å². The summed E-state index contributed by atoms with van der Waals surface area (Å²) in [5, 5.41) is 3.16. The summed E-state index contributed by atoms with van der Waals surface area (Å²) in [6, 6.07) is 1.80. The summed E-state index contributed by atoms with van der Waals surface area (Å²) in [6.07, 6.45) is 5.25. The Morgan fingerprint density at radius 3 is 3.13 bits per heavy atom. The zero-order valence-corrected chi connectivity index (χ0v) is 9.07. The molecule has 0 aromatic carbocycles. The Morgan fingerprint density at radius 2 is 2.40 bits per heavy atom. The molecule has 82 valence electrons. The van der Waals surface area contributed by atoms with E-state index >= 15 is 0 Å². The van der Waals surface area contributed by atoms with Crippen molar-refractivity contribution < 1.29 is 4.74 Å². The monoisotopic (exact) mass is 207 g/mol. The molecule has 0 fully saturated rings. The van der Waals surface area contributed by atoms with E-state index in [4.69, 9.17) is 4.74 Å². The number of rotatable bonds is 7. The van der Waals surface area contributed by atoms with E-state index in [0.29, 0.717) is 12.5 Å². The van der Waals surface area contributed by atoms with Gasteiger partial charge >= 0.3 is 0 Å². The molecule has 0 amide bonds. The number of nitrogens with zero attached hydrogens (tertiary/aromatic N) is 2. The minimum absolute atomic E-state index is 0.618. The van der Waals surface area contributed by atoms with Crippen LogP contribution in [0.1, 0.15) is 19.8 Å². The summed E-state index contributed by atoms with van der Waals surface area (Å²) in [5.74, 6) is 1.41. The van der Waals surface area contributed by atoms with E-state index in [0.717, 1.165) is 25.2 Å². The van der Waals surface area contributed by atoms with Crippen molar-refractivity contribution in [1.82, 2.24) is 9.97 Å². The fourth-order valence-electron chi connectivity index (χ4n) is 1.02. The van der Waals surface area contributed by atoms with Crippen LogP contribution >= 0.6 is 0 Å². The SMILES string of the molecule is C=CCCNc1cc(OCCC)ncn1. The lowest BCUT2D eigenvalue weighted by atomic mass is 10.4. The lowest BCUT2D eigenvalue weighted by Crippen LogP contribution is -2.04. The maximum atomic E-state index is 5.39. The molecule has 0 bridgehead atoms. The summed E-state index contributed by atoms with van der Waals surface area (Å²) >= 11 is 0. The van der Waals surface area contributed by atoms with Gasteiger partial charge in [-0.2, -0.15) is 0 Å². The van der Waals surface area contributed by atoms with Crippen molar-refractivity contribution in [3.05, 3.63) is 25.0 Å². The number of hydrogen-bond acceptors (Lipinski definition) is 4. The Kier molecular flexibility index (Phi) is 5.22. The van der Waals surface area contributed by atoms with Crippen LogP contribution in [0, 0.1) is 0 Å². The molecule has 0 radical (unpaired) electrons. The van der Waals surface area contributed by atoms with Gasteiger partial charge in [-0.05, 0) is 12.8 Å². The van der Waals surface area contributed by atoms with Gasteiger partial charge in [0.05, 0.1) is 6.61 Å². The number of anilines is 1. The molecule has 15 heavy (non-hydrogen) atoms. The number of hydrogen-bond donors (Lipinski definition) is 1. The summed E-state index contributed by atoms with van der Waals surface area (Å²) < 4.78 is 5.39. The van der Waals surface area contributed by atoms with E-state index in [-0.39, 0.29) is 0 Å². The highest BCUT2D eigenvalue weighted by Gasteiger charge is 1.97. The highest BCUT2D eigenvalue weighted by atomic mass is 16.5. The van der Waals surface area contributed by atoms with Crippen LogP contribution in [0.15, 0.2) is 25.0 Å². The van der Waals surface area contributed by atoms with E-state index in [1.165, 1.54) is 6.33 Å². The Bertz CT molecular complexity index is 302. The molecule has 1 N–H and O–H groups in total. The molecule has 1 rings (SSSR count). The largest absolute Gasteiger partial charge is 0.478 e. The zero-order valence-electron chi connectivity index (χ0n) is 9.07. The van der Waals surface area contributed by atoms with Crippen molar-refractivity contribution in [2.24, 2.45) is 0 Å². The van der Waals surface area contributed by atoms with Crippen LogP contribution in [0.2, 0.25) is 0 Å². The molecular weight excluding hydrogens is 190 g/mol. The quantitative estimate of drug-likeness (QED) is 0.550. The van der Waals surface area contributed by atoms with Gasteiger partial charge in [-0.25, -0.2) is 9.97 Å². The second-order valence-corrected chi connectivity index (χ2v) is 3.09. The van der Waals surface area contributed by atoms with Gasteiger partial charge in [0.25, 0.3) is 0 Å². The van der Waals surface area contributed by atoms with E-state index < -0.39 is 0 Å². The normalized spacial score (nSPS) is 9.67. The van der Waals surface area contributed by atoms with E-state index in [1.54, 1.807) is 6.07 Å². The first-order valence-electron chi connectivity index (χ1n) is 5.16. The standard InChI is InChI=1S/C11H17N3O/c1-3-5-6-12-10-8-11(14-9-13-10)15-7-4-2/h3,8-9H,1,4-7H2,2H3,(H,12,13,14). The fourth-order valence-corrected chi connectivity index (χ4v) is 1.02. The first-order valence-corrected chi connectivity index (χ1v) is 5.16. The second kappa shape index (κ2) is 6.81. The Morgan fingerprint density at radius 1 is 1.53 bits per heavy atom. The van der Waals surface area contributed by atoms with Crippen LogP contribution in [0.5, 0.6) is 5.88 Å². The van der Waals surface area contributed by atoms with Crippen molar-refractivity contribution >= 4 is 5.82 Å². The number of aromatic nitrogens is 2. The lowest BCUT2D eigenvalue weighted by Gasteiger charge is -2.06. The minimum Gasteiger partial charge on any atom is -0.478 e. The predicted octanol–water partition coefficient (Wildman–Crippen LogP) is 2.25. The smallest absolute Gasteiger partial charge is 0.218 e. The van der Waals surface area contributed by atoms with Crippen LogP contribution < -0.4 is 10.1 Å². The summed E-state index contributed by atoms with van der Waals surface area (Å²) in [4.78, 5) is 8.09. The molecule has 0 aliphatic heterocycles. The fraction of sp³-hybridized carbons (Fsp3) is 0.455. The number of ether oxygens (including phenoxy) is 1. The van der Waals surface area contributed by atoms with Crippen LogP contribution in [0.4, 0.5) is 5.82 Å².